The molecule has 0 spiro atoms. The molecule has 1 aromatic heterocycles. The minimum atomic E-state index is -4.60. The van der Waals surface area contributed by atoms with Crippen LogP contribution in [0.3, 0.4) is 0 Å². The molecule has 2 unspecified atom stereocenters. The molecule has 4 rings (SSSR count). The van der Waals surface area contributed by atoms with Crippen LogP contribution in [0.5, 0.6) is 0 Å². The predicted octanol–water partition coefficient (Wildman–Crippen LogP) is 4.83. The quantitative estimate of drug-likeness (QED) is 0.163. The molecule has 2 atom stereocenters. The molecule has 2 amide bonds. The number of hydrogen-bond donors (Lipinski definition) is 4. The number of amides is 2. The van der Waals surface area contributed by atoms with Gasteiger partial charge < -0.3 is 10.4 Å². The molecule has 0 saturated heterocycles. The first kappa shape index (κ1) is 30.3. The Bertz CT molecular complexity index is 1390. The van der Waals surface area contributed by atoms with Crippen LogP contribution in [0.4, 0.5) is 22.0 Å². The number of para-hydroxylation sites is 2. The van der Waals surface area contributed by atoms with E-state index in [0.29, 0.717) is 11.0 Å². The number of fused-ring (bicyclic) bond motifs is 1. The third-order valence-electron chi connectivity index (χ3n) is 7.51. The van der Waals surface area contributed by atoms with Gasteiger partial charge in [0.05, 0.1) is 22.8 Å². The number of carbonyl (C=O) groups is 2. The smallest absolute Gasteiger partial charge is 0.380 e. The molecule has 0 radical (unpaired) electrons. The van der Waals surface area contributed by atoms with Gasteiger partial charge in [-0.3, -0.25) is 19.8 Å². The van der Waals surface area contributed by atoms with Gasteiger partial charge in [-0.1, -0.05) is 30.3 Å². The largest absolute Gasteiger partial charge is 0.416 e. The van der Waals surface area contributed by atoms with E-state index in [4.69, 9.17) is 0 Å². The molecule has 13 heteroatoms. The van der Waals surface area contributed by atoms with Gasteiger partial charge in [-0.15, -0.1) is 0 Å². The normalized spacial score (nSPS) is 17.9. The fraction of sp³-hybridized carbons (Fsp3) is 0.429. The van der Waals surface area contributed by atoms with E-state index < -0.39 is 59.9 Å². The van der Waals surface area contributed by atoms with Gasteiger partial charge in [0, 0.05) is 18.9 Å². The van der Waals surface area contributed by atoms with E-state index in [1.165, 1.54) is 23.8 Å². The van der Waals surface area contributed by atoms with Crippen LogP contribution in [0.25, 0.3) is 11.0 Å². The highest BCUT2D eigenvalue weighted by Gasteiger charge is 2.48. The number of alkyl halides is 5. The number of nitrogens with one attached hydrogen (secondary N) is 2. The Morgan fingerprint density at radius 3 is 2.39 bits per heavy atom. The van der Waals surface area contributed by atoms with Crippen LogP contribution >= 0.6 is 0 Å². The molecule has 1 fully saturated rings. The Kier molecular flexibility index (Phi) is 8.88. The van der Waals surface area contributed by atoms with Crippen LogP contribution in [0, 0.1) is 5.92 Å². The summed E-state index contributed by atoms with van der Waals surface area (Å²) in [6, 6.07) is 10.4. The number of hydroxylamine groups is 1. The highest BCUT2D eigenvalue weighted by molar-refractivity contribution is 5.94. The second-order valence-corrected chi connectivity index (χ2v) is 10.4. The lowest BCUT2D eigenvalue weighted by molar-refractivity contribution is -0.162. The topological polar surface area (TPSA) is 124 Å². The summed E-state index contributed by atoms with van der Waals surface area (Å²) in [5, 5.41) is 23.3. The van der Waals surface area contributed by atoms with E-state index in [2.05, 4.69) is 15.3 Å². The zero-order chi connectivity index (χ0) is 29.8. The van der Waals surface area contributed by atoms with Crippen molar-refractivity contribution in [2.45, 2.75) is 68.7 Å². The minimum Gasteiger partial charge on any atom is -0.380 e. The lowest BCUT2D eigenvalue weighted by Gasteiger charge is -2.39. The molecule has 41 heavy (non-hydrogen) atoms. The summed E-state index contributed by atoms with van der Waals surface area (Å²) in [7, 11) is 0. The number of benzene rings is 2. The highest BCUT2D eigenvalue weighted by Crippen LogP contribution is 2.42. The van der Waals surface area contributed by atoms with Gasteiger partial charge in [0.2, 0.25) is 5.92 Å². The van der Waals surface area contributed by atoms with E-state index in [1.54, 1.807) is 24.3 Å². The van der Waals surface area contributed by atoms with Crippen molar-refractivity contribution in [1.82, 2.24) is 20.8 Å². The van der Waals surface area contributed by atoms with Crippen molar-refractivity contribution in [2.24, 2.45) is 5.92 Å². The van der Waals surface area contributed by atoms with Crippen LogP contribution in [-0.4, -0.2) is 49.7 Å². The number of hydrogen-bond acceptors (Lipinski definition) is 6. The lowest BCUT2D eigenvalue weighted by atomic mass is 9.72. The lowest BCUT2D eigenvalue weighted by Crippen LogP contribution is -2.53. The number of aromatic nitrogens is 2. The molecule has 8 nitrogen and oxygen atoms in total. The first-order valence-electron chi connectivity index (χ1n) is 13.0. The second kappa shape index (κ2) is 12.0. The Morgan fingerprint density at radius 2 is 1.73 bits per heavy atom. The van der Waals surface area contributed by atoms with Gasteiger partial charge >= 0.3 is 6.18 Å². The summed E-state index contributed by atoms with van der Waals surface area (Å²) in [5.41, 5.74) is -0.599. The van der Waals surface area contributed by atoms with E-state index in [9.17, 15) is 41.9 Å². The number of rotatable bonds is 9. The number of nitrogens with zero attached hydrogens (tertiary/aromatic N) is 2. The summed E-state index contributed by atoms with van der Waals surface area (Å²) >= 11 is 0. The molecular weight excluding hydrogens is 551 g/mol. The molecule has 220 valence electrons. The first-order chi connectivity index (χ1) is 19.3. The van der Waals surface area contributed by atoms with Crippen molar-refractivity contribution < 1.29 is 41.9 Å². The van der Waals surface area contributed by atoms with Crippen LogP contribution in [0.1, 0.15) is 60.1 Å². The Labute approximate surface area is 232 Å². The van der Waals surface area contributed by atoms with Crippen LogP contribution in [-0.2, 0) is 17.4 Å². The number of halogens is 5. The summed E-state index contributed by atoms with van der Waals surface area (Å²) in [6.45, 7) is 0. The van der Waals surface area contributed by atoms with Crippen LogP contribution in [0.2, 0.25) is 0 Å². The molecule has 1 saturated carbocycles. The molecule has 0 aliphatic heterocycles. The van der Waals surface area contributed by atoms with Crippen LogP contribution < -0.4 is 10.8 Å². The number of aliphatic hydroxyl groups is 1. The molecule has 0 bridgehead atoms. The van der Waals surface area contributed by atoms with Gasteiger partial charge in [0.1, 0.15) is 11.3 Å². The van der Waals surface area contributed by atoms with Crippen LogP contribution in [0.15, 0.2) is 54.7 Å². The fourth-order valence-electron chi connectivity index (χ4n) is 5.22. The van der Waals surface area contributed by atoms with Gasteiger partial charge in [-0.05, 0) is 61.8 Å². The maximum absolute atomic E-state index is 13.8. The molecule has 4 N–H and O–H groups in total. The van der Waals surface area contributed by atoms with Crippen molar-refractivity contribution in [3.8, 4) is 0 Å². The zero-order valence-corrected chi connectivity index (χ0v) is 21.8. The van der Waals surface area contributed by atoms with Crippen molar-refractivity contribution in [3.63, 3.8) is 0 Å². The van der Waals surface area contributed by atoms with E-state index in [1.807, 2.05) is 0 Å². The Hall–Kier alpha value is -3.71. The molecule has 2 aromatic carbocycles. The number of carbonyl (C=O) groups excluding carboxylic acids is 2. The maximum atomic E-state index is 13.8. The molecule has 1 aliphatic carbocycles. The summed E-state index contributed by atoms with van der Waals surface area (Å²) in [4.78, 5) is 34.2. The minimum absolute atomic E-state index is 0.0596. The van der Waals surface area contributed by atoms with Crippen molar-refractivity contribution in [3.05, 3.63) is 71.5 Å². The third kappa shape index (κ3) is 7.33. The predicted molar refractivity (Wildman–Crippen MR) is 137 cm³/mol. The zero-order valence-electron chi connectivity index (χ0n) is 21.8. The molecule has 3 aromatic rings. The molecule has 1 aliphatic rings. The highest BCUT2D eigenvalue weighted by atomic mass is 19.4. The maximum Gasteiger partial charge on any atom is 0.416 e. The SMILES string of the molecule is O=C(NC(CCC(O)(C(=O)NO)C1CCC(F)(F)CC1)Cc1cccc(C(F)(F)F)c1)c1cnc2ccccc2n1. The van der Waals surface area contributed by atoms with Crippen molar-refractivity contribution in [1.29, 1.82) is 0 Å². The molecular formula is C28H29F5N4O4. The summed E-state index contributed by atoms with van der Waals surface area (Å²) in [6.07, 6.45) is -5.45. The monoisotopic (exact) mass is 580 g/mol. The van der Waals surface area contributed by atoms with E-state index in [0.717, 1.165) is 12.1 Å². The van der Waals surface area contributed by atoms with Gasteiger partial charge in [0.25, 0.3) is 11.8 Å². The Morgan fingerprint density at radius 1 is 1.05 bits per heavy atom. The summed E-state index contributed by atoms with van der Waals surface area (Å²) < 4.78 is 67.5. The Balaban J connectivity index is 1.59. The average Bonchev–Trinajstić information content (AvgIpc) is 2.94. The van der Waals surface area contributed by atoms with E-state index in [-0.39, 0.29) is 43.4 Å². The standard InChI is InChI=1S/C28H29F5N4O4/c29-26(30)11-8-18(9-12-26)27(40,25(39)37-41)13-10-20(15-17-4-3-5-19(14-17)28(31,32)33)35-24(38)23-16-34-21-6-1-2-7-22(21)36-23/h1-7,14,16,18,20,40-41H,8-13,15H2,(H,35,38)(H,37,39). The van der Waals surface area contributed by atoms with E-state index >= 15 is 0 Å². The van der Waals surface area contributed by atoms with Gasteiger partial charge in [-0.2, -0.15) is 13.2 Å². The van der Waals surface area contributed by atoms with Crippen molar-refractivity contribution in [2.75, 3.05) is 0 Å². The van der Waals surface area contributed by atoms with Gasteiger partial charge in [0.15, 0.2) is 0 Å². The fourth-order valence-corrected chi connectivity index (χ4v) is 5.22. The van der Waals surface area contributed by atoms with Gasteiger partial charge in [-0.25, -0.2) is 19.2 Å². The third-order valence-corrected chi connectivity index (χ3v) is 7.51. The first-order valence-corrected chi connectivity index (χ1v) is 13.0. The van der Waals surface area contributed by atoms with Crippen molar-refractivity contribution >= 4 is 22.8 Å². The average molecular weight is 581 g/mol. The second-order valence-electron chi connectivity index (χ2n) is 10.4. The molecule has 1 heterocycles. The summed E-state index contributed by atoms with van der Waals surface area (Å²) in [5.74, 6) is -5.72.